The molecule has 0 unspecified atom stereocenters. The molecule has 0 saturated carbocycles. The second-order valence-corrected chi connectivity index (χ2v) is 12.6. The first-order chi connectivity index (χ1) is 22.9. The van der Waals surface area contributed by atoms with Gasteiger partial charge in [-0.1, -0.05) is 46.3 Å². The zero-order chi connectivity index (χ0) is 33.9. The first-order valence-corrected chi connectivity index (χ1v) is 15.8. The first kappa shape index (κ1) is 31.4. The number of hydrogen-bond acceptors (Lipinski definition) is 5. The van der Waals surface area contributed by atoms with Crippen molar-refractivity contribution in [3.63, 3.8) is 0 Å². The number of halogens is 4. The predicted molar refractivity (Wildman–Crippen MR) is 175 cm³/mol. The molecule has 1 N–H and O–H groups in total. The van der Waals surface area contributed by atoms with Crippen LogP contribution in [0.1, 0.15) is 45.2 Å². The Morgan fingerprint density at radius 2 is 1.77 bits per heavy atom. The fraction of sp³-hybridized carbons (Fsp3) is 0.206. The number of alkyl halides is 3. The number of benzene rings is 3. The molecule has 1 aliphatic heterocycles. The van der Waals surface area contributed by atoms with E-state index >= 15 is 0 Å². The summed E-state index contributed by atoms with van der Waals surface area (Å²) >= 11 is 2.94. The standard InChI is InChI=1S/C34H27BrF3N7O3/c1-19-14-25-28(18-43(19)31(46)22-10-13-27(35)26(16-22)34(36,37)38)45-30(23(17-39-45)15-20-6-4-3-5-7-20)44(32(25)47)24-11-8-21(9-12-24)29-40-33(48)42(2)41-29/h3-13,16-17,19H,14-15,18H2,1-2H3,(H,40,41,48)/t19-/m0/s1. The highest BCUT2D eigenvalue weighted by molar-refractivity contribution is 9.10. The van der Waals surface area contributed by atoms with Gasteiger partial charge in [0.05, 0.1) is 29.7 Å². The van der Waals surface area contributed by atoms with E-state index in [2.05, 4.69) is 26.0 Å². The number of H-pyrrole nitrogens is 1. The third kappa shape index (κ3) is 5.45. The van der Waals surface area contributed by atoms with E-state index in [4.69, 9.17) is 5.10 Å². The van der Waals surface area contributed by atoms with Crippen molar-refractivity contribution in [2.75, 3.05) is 0 Å². The Morgan fingerprint density at radius 1 is 1.04 bits per heavy atom. The van der Waals surface area contributed by atoms with Gasteiger partial charge in [0, 0.05) is 46.2 Å². The summed E-state index contributed by atoms with van der Waals surface area (Å²) in [5.41, 5.74) is 2.75. The molecule has 0 radical (unpaired) electrons. The number of fused-ring (bicyclic) bond motifs is 3. The maximum atomic E-state index is 14.4. The fourth-order valence-corrected chi connectivity index (χ4v) is 6.65. The van der Waals surface area contributed by atoms with Crippen LogP contribution < -0.4 is 11.2 Å². The quantitative estimate of drug-likeness (QED) is 0.252. The third-order valence-corrected chi connectivity index (χ3v) is 9.32. The lowest BCUT2D eigenvalue weighted by Crippen LogP contribution is -2.46. The molecule has 0 saturated heterocycles. The van der Waals surface area contributed by atoms with E-state index in [0.717, 1.165) is 17.2 Å². The van der Waals surface area contributed by atoms with E-state index in [-0.39, 0.29) is 34.3 Å². The normalized spacial score (nSPS) is 14.8. The third-order valence-electron chi connectivity index (χ3n) is 8.63. The van der Waals surface area contributed by atoms with Crippen LogP contribution in [0.25, 0.3) is 22.7 Å². The van der Waals surface area contributed by atoms with Gasteiger partial charge in [0.25, 0.3) is 11.5 Å². The summed E-state index contributed by atoms with van der Waals surface area (Å²) in [6, 6.07) is 19.7. The molecule has 0 bridgehead atoms. The molecule has 3 aromatic carbocycles. The zero-order valence-corrected chi connectivity index (χ0v) is 27.2. The van der Waals surface area contributed by atoms with Gasteiger partial charge in [-0.2, -0.15) is 23.4 Å². The lowest BCUT2D eigenvalue weighted by atomic mass is 9.97. The van der Waals surface area contributed by atoms with E-state index in [0.29, 0.717) is 40.4 Å². The summed E-state index contributed by atoms with van der Waals surface area (Å²) in [6.07, 6.45) is -2.32. The molecule has 0 aliphatic carbocycles. The van der Waals surface area contributed by atoms with Crippen LogP contribution in [0.5, 0.6) is 0 Å². The molecule has 0 spiro atoms. The van der Waals surface area contributed by atoms with E-state index in [9.17, 15) is 27.6 Å². The Morgan fingerprint density at radius 3 is 2.44 bits per heavy atom. The number of nitrogens with one attached hydrogen (secondary N) is 1. The van der Waals surface area contributed by atoms with Gasteiger partial charge in [-0.05, 0) is 61.4 Å². The molecule has 0 fully saturated rings. The maximum absolute atomic E-state index is 14.4. The topological polar surface area (TPSA) is 110 Å². The zero-order valence-electron chi connectivity index (χ0n) is 25.6. The molecular formula is C34H27BrF3N7O3. The number of amides is 1. The van der Waals surface area contributed by atoms with Gasteiger partial charge >= 0.3 is 11.9 Å². The second-order valence-electron chi connectivity index (χ2n) is 11.8. The number of aryl methyl sites for hydroxylation is 1. The van der Waals surface area contributed by atoms with Crippen LogP contribution in [0.15, 0.2) is 93.1 Å². The van der Waals surface area contributed by atoms with Crippen LogP contribution in [-0.4, -0.2) is 45.8 Å². The highest BCUT2D eigenvalue weighted by Gasteiger charge is 2.36. The fourth-order valence-electron chi connectivity index (χ4n) is 6.18. The highest BCUT2D eigenvalue weighted by atomic mass is 79.9. The molecular weight excluding hydrogens is 691 g/mol. The van der Waals surface area contributed by atoms with Crippen molar-refractivity contribution < 1.29 is 18.0 Å². The Labute approximate surface area is 279 Å². The number of aromatic nitrogens is 6. The minimum Gasteiger partial charge on any atom is -0.330 e. The van der Waals surface area contributed by atoms with Gasteiger partial charge in [0.1, 0.15) is 5.65 Å². The number of carbonyl (C=O) groups is 1. The number of hydrogen-bond donors (Lipinski definition) is 1. The summed E-state index contributed by atoms with van der Waals surface area (Å²) in [7, 11) is 1.54. The Kier molecular flexibility index (Phi) is 7.69. The van der Waals surface area contributed by atoms with E-state index in [1.165, 1.54) is 21.7 Å². The van der Waals surface area contributed by atoms with Crippen LogP contribution in [-0.2, 0) is 32.6 Å². The van der Waals surface area contributed by atoms with Crippen LogP contribution in [0, 0.1) is 0 Å². The van der Waals surface area contributed by atoms with Crippen LogP contribution in [0.3, 0.4) is 0 Å². The van der Waals surface area contributed by atoms with Crippen LogP contribution in [0.4, 0.5) is 13.2 Å². The maximum Gasteiger partial charge on any atom is 0.417 e. The molecule has 48 heavy (non-hydrogen) atoms. The number of aromatic amines is 1. The van der Waals surface area contributed by atoms with Crippen molar-refractivity contribution in [3.05, 3.63) is 138 Å². The van der Waals surface area contributed by atoms with Crippen molar-refractivity contribution in [2.24, 2.45) is 7.05 Å². The van der Waals surface area contributed by atoms with E-state index < -0.39 is 23.7 Å². The lowest BCUT2D eigenvalue weighted by molar-refractivity contribution is -0.138. The van der Waals surface area contributed by atoms with Gasteiger partial charge in [0.2, 0.25) is 0 Å². The summed E-state index contributed by atoms with van der Waals surface area (Å²) in [4.78, 5) is 44.3. The molecule has 14 heteroatoms. The monoisotopic (exact) mass is 717 g/mol. The molecule has 6 aromatic rings. The highest BCUT2D eigenvalue weighted by Crippen LogP contribution is 2.36. The molecule has 3 aromatic heterocycles. The van der Waals surface area contributed by atoms with Gasteiger partial charge in [-0.25, -0.2) is 14.0 Å². The average molecular weight is 719 g/mol. The number of nitrogens with zero attached hydrogens (tertiary/aromatic N) is 6. The van der Waals surface area contributed by atoms with Crippen molar-refractivity contribution in [3.8, 4) is 17.1 Å². The molecule has 7 rings (SSSR count). The predicted octanol–water partition coefficient (Wildman–Crippen LogP) is 5.53. The largest absolute Gasteiger partial charge is 0.417 e. The SMILES string of the molecule is C[C@H]1Cc2c(n3ncc(Cc4ccccc4)c3n(-c3ccc(-c4nn(C)c(=O)[nH]4)cc3)c2=O)CN1C(=O)c1ccc(Br)c(C(F)(F)F)c1. The second kappa shape index (κ2) is 11.8. The number of carbonyl (C=O) groups excluding carboxylic acids is 1. The van der Waals surface area contributed by atoms with E-state index in [1.807, 2.05) is 30.3 Å². The minimum absolute atomic E-state index is 0.0300. The Hall–Kier alpha value is -5.24. The van der Waals surface area contributed by atoms with Crippen LogP contribution in [0.2, 0.25) is 0 Å². The Balaban J connectivity index is 1.35. The van der Waals surface area contributed by atoms with Gasteiger partial charge in [-0.15, -0.1) is 0 Å². The lowest BCUT2D eigenvalue weighted by Gasteiger charge is -2.35. The summed E-state index contributed by atoms with van der Waals surface area (Å²) in [5, 5.41) is 8.90. The van der Waals surface area contributed by atoms with Gasteiger partial charge in [-0.3, -0.25) is 19.1 Å². The van der Waals surface area contributed by atoms with Crippen LogP contribution >= 0.6 is 15.9 Å². The van der Waals surface area contributed by atoms with E-state index in [1.54, 1.807) is 53.5 Å². The molecule has 1 amide bonds. The van der Waals surface area contributed by atoms with Crippen molar-refractivity contribution in [1.29, 1.82) is 0 Å². The molecule has 4 heterocycles. The smallest absolute Gasteiger partial charge is 0.330 e. The molecule has 10 nitrogen and oxygen atoms in total. The summed E-state index contributed by atoms with van der Waals surface area (Å²) in [6.45, 7) is 1.74. The molecule has 1 aliphatic rings. The van der Waals surface area contributed by atoms with Gasteiger partial charge < -0.3 is 4.90 Å². The number of rotatable bonds is 5. The minimum atomic E-state index is -4.65. The first-order valence-electron chi connectivity index (χ1n) is 15.0. The van der Waals surface area contributed by atoms with Gasteiger partial charge in [0.15, 0.2) is 5.82 Å². The van der Waals surface area contributed by atoms with Crippen molar-refractivity contribution in [2.45, 2.75) is 38.5 Å². The average Bonchev–Trinajstić information content (AvgIpc) is 3.63. The Bertz CT molecular complexity index is 2320. The molecule has 244 valence electrons. The molecule has 1 atom stereocenters. The summed E-state index contributed by atoms with van der Waals surface area (Å²) < 4.78 is 45.3. The summed E-state index contributed by atoms with van der Waals surface area (Å²) in [5.74, 6) is -0.193. The van der Waals surface area contributed by atoms with Crippen molar-refractivity contribution in [1.82, 2.24) is 33.8 Å². The van der Waals surface area contributed by atoms with Crippen molar-refractivity contribution >= 4 is 27.5 Å².